The molecule has 0 aliphatic carbocycles. The van der Waals surface area contributed by atoms with Crippen molar-refractivity contribution in [3.63, 3.8) is 0 Å². The Balaban J connectivity index is 4.00. The minimum absolute atomic E-state index is 0.0139. The van der Waals surface area contributed by atoms with E-state index in [0.717, 1.165) is 6.42 Å². The molecule has 0 rings (SSSR count). The fraction of sp³-hybridized carbons (Fsp3) is 0.652. The van der Waals surface area contributed by atoms with Crippen LogP contribution >= 0.6 is 0 Å². The van der Waals surface area contributed by atoms with E-state index < -0.39 is 11.9 Å². The Hall–Kier alpha value is -2.72. The molecule has 0 aromatic carbocycles. The first-order valence-corrected chi connectivity index (χ1v) is 10.8. The first-order chi connectivity index (χ1) is 15.3. The fourth-order valence-corrected chi connectivity index (χ4v) is 2.84. The summed E-state index contributed by atoms with van der Waals surface area (Å²) >= 11 is 0. The molecule has 1 unspecified atom stereocenters. The maximum Gasteiger partial charge on any atom is 0.333 e. The van der Waals surface area contributed by atoms with E-state index in [1.807, 2.05) is 20.8 Å². The first kappa shape index (κ1) is 30.3. The minimum Gasteiger partial charge on any atom is -0.460 e. The number of carbonyl (C=O) groups is 4. The van der Waals surface area contributed by atoms with E-state index >= 15 is 0 Å². The number of ether oxygens (including phenoxy) is 2. The van der Waals surface area contributed by atoms with Gasteiger partial charge in [-0.2, -0.15) is 0 Å². The SMILES string of the molecule is C=C(C)C(=O)OCCONC(=O)CCC(C)(C)CC(C)CC(=O)NOCCOC(=O)C(=C)C. The second kappa shape index (κ2) is 16.0. The fourth-order valence-electron chi connectivity index (χ4n) is 2.84. The molecule has 10 heteroatoms. The standard InChI is InChI=1S/C23H38N2O8/c1-16(2)21(28)30-10-12-32-24-19(26)8-9-23(6,7)15-18(5)14-20(27)25-33-13-11-31-22(29)17(3)4/h18H,1,3,8-15H2,2,4-7H3,(H,24,26)(H,25,27). The summed E-state index contributed by atoms with van der Waals surface area (Å²) in [4.78, 5) is 56.4. The molecule has 1 atom stereocenters. The summed E-state index contributed by atoms with van der Waals surface area (Å²) in [5.41, 5.74) is 5.06. The van der Waals surface area contributed by atoms with Gasteiger partial charge in [0.25, 0.3) is 0 Å². The number of hydrogen-bond donors (Lipinski definition) is 2. The Morgan fingerprint density at radius 2 is 1.27 bits per heavy atom. The Kier molecular flexibility index (Phi) is 14.7. The van der Waals surface area contributed by atoms with Crippen molar-refractivity contribution in [3.8, 4) is 0 Å². The van der Waals surface area contributed by atoms with Crippen molar-refractivity contribution in [2.45, 2.75) is 60.3 Å². The summed E-state index contributed by atoms with van der Waals surface area (Å²) in [6, 6.07) is 0. The largest absolute Gasteiger partial charge is 0.460 e. The van der Waals surface area contributed by atoms with Crippen LogP contribution in [0.4, 0.5) is 0 Å². The lowest BCUT2D eigenvalue weighted by molar-refractivity contribution is -0.145. The smallest absolute Gasteiger partial charge is 0.333 e. The van der Waals surface area contributed by atoms with E-state index in [9.17, 15) is 19.2 Å². The van der Waals surface area contributed by atoms with Gasteiger partial charge in [0.05, 0.1) is 0 Å². The van der Waals surface area contributed by atoms with Gasteiger partial charge in [0, 0.05) is 24.0 Å². The Morgan fingerprint density at radius 1 is 0.818 bits per heavy atom. The molecule has 0 aliphatic heterocycles. The lowest BCUT2D eigenvalue weighted by atomic mass is 9.78. The lowest BCUT2D eigenvalue weighted by Crippen LogP contribution is -2.29. The number of nitrogens with one attached hydrogen (secondary N) is 2. The van der Waals surface area contributed by atoms with Gasteiger partial charge in [-0.15, -0.1) is 0 Å². The molecule has 0 heterocycles. The van der Waals surface area contributed by atoms with Crippen molar-refractivity contribution < 1.29 is 38.3 Å². The molecule has 0 aliphatic rings. The predicted octanol–water partition coefficient (Wildman–Crippen LogP) is 2.54. The van der Waals surface area contributed by atoms with Crippen LogP contribution in [0.2, 0.25) is 0 Å². The number of carbonyl (C=O) groups excluding carboxylic acids is 4. The third-order valence-corrected chi connectivity index (χ3v) is 4.37. The van der Waals surface area contributed by atoms with Crippen molar-refractivity contribution in [2.24, 2.45) is 11.3 Å². The molecule has 2 amide bonds. The van der Waals surface area contributed by atoms with Crippen molar-refractivity contribution in [1.29, 1.82) is 0 Å². The van der Waals surface area contributed by atoms with Crippen LogP contribution in [-0.2, 0) is 38.3 Å². The molecular formula is C23H38N2O8. The molecule has 0 saturated heterocycles. The van der Waals surface area contributed by atoms with Crippen molar-refractivity contribution >= 4 is 23.8 Å². The molecular weight excluding hydrogens is 432 g/mol. The zero-order valence-electron chi connectivity index (χ0n) is 20.4. The van der Waals surface area contributed by atoms with Gasteiger partial charge < -0.3 is 9.47 Å². The molecule has 0 saturated carbocycles. The third kappa shape index (κ3) is 16.6. The maximum atomic E-state index is 12.0. The van der Waals surface area contributed by atoms with E-state index in [4.69, 9.17) is 19.1 Å². The molecule has 0 spiro atoms. The molecule has 188 valence electrons. The molecule has 0 aromatic heterocycles. The number of rotatable bonds is 17. The lowest BCUT2D eigenvalue weighted by Gasteiger charge is -2.27. The summed E-state index contributed by atoms with van der Waals surface area (Å²) in [5, 5.41) is 0. The minimum atomic E-state index is -0.509. The number of amides is 2. The zero-order chi connectivity index (χ0) is 25.4. The molecule has 0 fully saturated rings. The summed E-state index contributed by atoms with van der Waals surface area (Å²) in [7, 11) is 0. The van der Waals surface area contributed by atoms with Gasteiger partial charge in [-0.1, -0.05) is 33.9 Å². The second-order valence-electron chi connectivity index (χ2n) is 8.76. The molecule has 0 radical (unpaired) electrons. The summed E-state index contributed by atoms with van der Waals surface area (Å²) in [6.07, 6.45) is 1.84. The molecule has 2 N–H and O–H groups in total. The first-order valence-electron chi connectivity index (χ1n) is 10.8. The van der Waals surface area contributed by atoms with Crippen LogP contribution in [0.3, 0.4) is 0 Å². The van der Waals surface area contributed by atoms with Crippen LogP contribution in [0.1, 0.15) is 60.3 Å². The van der Waals surface area contributed by atoms with Crippen molar-refractivity contribution in [3.05, 3.63) is 24.3 Å². The van der Waals surface area contributed by atoms with E-state index in [1.165, 1.54) is 0 Å². The van der Waals surface area contributed by atoms with Gasteiger partial charge in [0.2, 0.25) is 11.8 Å². The van der Waals surface area contributed by atoms with Gasteiger partial charge in [-0.05, 0) is 38.0 Å². The van der Waals surface area contributed by atoms with E-state index in [1.54, 1.807) is 13.8 Å². The number of hydrogen-bond acceptors (Lipinski definition) is 8. The molecule has 33 heavy (non-hydrogen) atoms. The van der Waals surface area contributed by atoms with Crippen LogP contribution in [0, 0.1) is 11.3 Å². The highest BCUT2D eigenvalue weighted by Crippen LogP contribution is 2.31. The van der Waals surface area contributed by atoms with E-state index in [0.29, 0.717) is 17.6 Å². The van der Waals surface area contributed by atoms with Gasteiger partial charge in [0.1, 0.15) is 26.4 Å². The average Bonchev–Trinajstić information content (AvgIpc) is 2.70. The van der Waals surface area contributed by atoms with Gasteiger partial charge >= 0.3 is 11.9 Å². The van der Waals surface area contributed by atoms with Crippen LogP contribution in [-0.4, -0.2) is 50.2 Å². The topological polar surface area (TPSA) is 129 Å². The van der Waals surface area contributed by atoms with E-state index in [2.05, 4.69) is 24.1 Å². The quantitative estimate of drug-likeness (QED) is 0.144. The maximum absolute atomic E-state index is 12.0. The molecule has 0 aromatic rings. The zero-order valence-corrected chi connectivity index (χ0v) is 20.4. The summed E-state index contributed by atoms with van der Waals surface area (Å²) < 4.78 is 9.70. The van der Waals surface area contributed by atoms with Crippen molar-refractivity contribution in [1.82, 2.24) is 11.0 Å². The highest BCUT2D eigenvalue weighted by molar-refractivity contribution is 5.87. The summed E-state index contributed by atoms with van der Waals surface area (Å²) in [6.45, 7) is 16.1. The van der Waals surface area contributed by atoms with Crippen LogP contribution in [0.15, 0.2) is 24.3 Å². The average molecular weight is 471 g/mol. The second-order valence-corrected chi connectivity index (χ2v) is 8.76. The highest BCUT2D eigenvalue weighted by atomic mass is 16.7. The Labute approximate surface area is 195 Å². The van der Waals surface area contributed by atoms with E-state index in [-0.39, 0.29) is 62.4 Å². The van der Waals surface area contributed by atoms with Crippen molar-refractivity contribution in [2.75, 3.05) is 26.4 Å². The molecule has 10 nitrogen and oxygen atoms in total. The predicted molar refractivity (Wildman–Crippen MR) is 121 cm³/mol. The molecule has 0 bridgehead atoms. The van der Waals surface area contributed by atoms with Crippen LogP contribution < -0.4 is 11.0 Å². The van der Waals surface area contributed by atoms with Crippen LogP contribution in [0.25, 0.3) is 0 Å². The van der Waals surface area contributed by atoms with Gasteiger partial charge in [-0.3, -0.25) is 19.3 Å². The van der Waals surface area contributed by atoms with Gasteiger partial charge in [0.15, 0.2) is 0 Å². The number of hydroxylamine groups is 2. The number of esters is 2. The Bertz CT molecular complexity index is 703. The third-order valence-electron chi connectivity index (χ3n) is 4.37. The monoisotopic (exact) mass is 470 g/mol. The summed E-state index contributed by atoms with van der Waals surface area (Å²) in [5.74, 6) is -1.51. The highest BCUT2D eigenvalue weighted by Gasteiger charge is 2.23. The normalized spacial score (nSPS) is 11.8. The Morgan fingerprint density at radius 3 is 1.73 bits per heavy atom. The van der Waals surface area contributed by atoms with Gasteiger partial charge in [-0.25, -0.2) is 20.5 Å². The van der Waals surface area contributed by atoms with Crippen LogP contribution in [0.5, 0.6) is 0 Å².